The van der Waals surface area contributed by atoms with Gasteiger partial charge in [-0.1, -0.05) is 18.2 Å². The fourth-order valence-corrected chi connectivity index (χ4v) is 5.57. The number of imidazole rings is 1. The molecule has 0 aliphatic carbocycles. The predicted octanol–water partition coefficient (Wildman–Crippen LogP) is 6.28. The van der Waals surface area contributed by atoms with Crippen molar-refractivity contribution in [2.75, 3.05) is 13.2 Å². The summed E-state index contributed by atoms with van der Waals surface area (Å²) in [6, 6.07) is 13.0. The number of hydrogen-bond acceptors (Lipinski definition) is 6. The van der Waals surface area contributed by atoms with E-state index in [0.717, 1.165) is 12.5 Å². The first-order valence-corrected chi connectivity index (χ1v) is 14.0. The number of carboxylic acid groups (broad SMARTS) is 1. The van der Waals surface area contributed by atoms with Crippen LogP contribution in [0.25, 0.3) is 11.0 Å². The van der Waals surface area contributed by atoms with Gasteiger partial charge < -0.3 is 23.9 Å². The molecule has 2 aliphatic heterocycles. The zero-order valence-electron chi connectivity index (χ0n) is 23.3. The highest BCUT2D eigenvalue weighted by atomic mass is 19.4. The Hall–Kier alpha value is -4.23. The maximum atomic E-state index is 14.0. The lowest BCUT2D eigenvalue weighted by molar-refractivity contribution is -0.139. The SMILES string of the molecule is O=C(O)c1ccc2nc(CN3CCc4cc(C(F)(F)F)c(OCc5ccccc5OC(F)F)cc4C3)n(C[C@@H]3CCO3)c2c1. The lowest BCUT2D eigenvalue weighted by atomic mass is 9.96. The first-order chi connectivity index (χ1) is 21.0. The number of fused-ring (bicyclic) bond motifs is 2. The number of ether oxygens (including phenoxy) is 3. The molecular weight excluding hydrogens is 589 g/mol. The highest BCUT2D eigenvalue weighted by molar-refractivity contribution is 5.92. The maximum absolute atomic E-state index is 14.0. The molecule has 3 heterocycles. The summed E-state index contributed by atoms with van der Waals surface area (Å²) < 4.78 is 85.5. The van der Waals surface area contributed by atoms with Crippen molar-refractivity contribution in [2.24, 2.45) is 0 Å². The highest BCUT2D eigenvalue weighted by Gasteiger charge is 2.36. The monoisotopic (exact) mass is 617 g/mol. The van der Waals surface area contributed by atoms with Gasteiger partial charge in [-0.05, 0) is 60.4 Å². The summed E-state index contributed by atoms with van der Waals surface area (Å²) in [4.78, 5) is 18.4. The standard InChI is InChI=1S/C31H28F5N3O5/c32-30(33)44-26-4-2-1-3-20(26)17-43-27-13-21-14-38(9-7-18(21)11-23(27)31(34,35)36)16-28-37-24-6-5-19(29(40)41)12-25(24)39(28)15-22-8-10-42-22/h1-6,11-13,22,30H,7-10,14-17H2,(H,40,41)/t22-/m0/s1. The number of alkyl halides is 5. The zero-order chi connectivity index (χ0) is 31.0. The molecule has 2 aliphatic rings. The molecule has 1 fully saturated rings. The number of para-hydroxylation sites is 1. The smallest absolute Gasteiger partial charge is 0.419 e. The summed E-state index contributed by atoms with van der Waals surface area (Å²) in [7, 11) is 0. The lowest BCUT2D eigenvalue weighted by Crippen LogP contribution is -2.34. The quantitative estimate of drug-likeness (QED) is 0.210. The van der Waals surface area contributed by atoms with Gasteiger partial charge in [0.15, 0.2) is 0 Å². The molecule has 1 saturated heterocycles. The van der Waals surface area contributed by atoms with E-state index < -0.39 is 36.7 Å². The molecule has 1 atom stereocenters. The number of hydrogen-bond donors (Lipinski definition) is 1. The Morgan fingerprint density at radius 2 is 1.89 bits per heavy atom. The van der Waals surface area contributed by atoms with Gasteiger partial charge in [-0.25, -0.2) is 9.78 Å². The molecule has 0 bridgehead atoms. The molecule has 0 saturated carbocycles. The topological polar surface area (TPSA) is 86.0 Å². The Labute approximate surface area is 248 Å². The fraction of sp³-hybridized carbons (Fsp3) is 0.355. The normalized spacial score (nSPS) is 17.0. The van der Waals surface area contributed by atoms with E-state index in [4.69, 9.17) is 14.5 Å². The van der Waals surface area contributed by atoms with Gasteiger partial charge in [-0.15, -0.1) is 0 Å². The fourth-order valence-electron chi connectivity index (χ4n) is 5.57. The van der Waals surface area contributed by atoms with Crippen molar-refractivity contribution in [2.45, 2.75) is 58.0 Å². The van der Waals surface area contributed by atoms with Gasteiger partial charge in [0.25, 0.3) is 0 Å². The van der Waals surface area contributed by atoms with Crippen LogP contribution in [0.3, 0.4) is 0 Å². The van der Waals surface area contributed by atoms with Crippen LogP contribution in [0.15, 0.2) is 54.6 Å². The van der Waals surface area contributed by atoms with Crippen molar-refractivity contribution in [3.05, 3.63) is 88.2 Å². The van der Waals surface area contributed by atoms with E-state index in [1.807, 2.05) is 4.57 Å². The molecule has 1 aromatic heterocycles. The van der Waals surface area contributed by atoms with Crippen LogP contribution in [-0.2, 0) is 43.6 Å². The minimum atomic E-state index is -4.69. The minimum Gasteiger partial charge on any atom is -0.488 e. The second-order valence-corrected chi connectivity index (χ2v) is 10.8. The largest absolute Gasteiger partial charge is 0.488 e. The van der Waals surface area contributed by atoms with Gasteiger partial charge in [0, 0.05) is 25.3 Å². The number of carboxylic acids is 1. The van der Waals surface area contributed by atoms with E-state index in [-0.39, 0.29) is 23.0 Å². The van der Waals surface area contributed by atoms with E-state index >= 15 is 0 Å². The van der Waals surface area contributed by atoms with Crippen LogP contribution in [0.1, 0.15) is 44.9 Å². The van der Waals surface area contributed by atoms with Crippen molar-refractivity contribution >= 4 is 17.0 Å². The summed E-state index contributed by atoms with van der Waals surface area (Å²) in [5, 5.41) is 9.50. The molecule has 3 aromatic carbocycles. The van der Waals surface area contributed by atoms with E-state index in [1.165, 1.54) is 30.3 Å². The van der Waals surface area contributed by atoms with Crippen molar-refractivity contribution in [1.82, 2.24) is 14.5 Å². The molecule has 13 heteroatoms. The van der Waals surface area contributed by atoms with Gasteiger partial charge in [0.2, 0.25) is 0 Å². The van der Waals surface area contributed by atoms with Crippen LogP contribution in [0.2, 0.25) is 0 Å². The maximum Gasteiger partial charge on any atom is 0.419 e. The second-order valence-electron chi connectivity index (χ2n) is 10.8. The highest BCUT2D eigenvalue weighted by Crippen LogP contribution is 2.40. The second kappa shape index (κ2) is 12.0. The average Bonchev–Trinajstić information content (AvgIpc) is 3.28. The third-order valence-corrected chi connectivity index (χ3v) is 7.89. The van der Waals surface area contributed by atoms with Gasteiger partial charge >= 0.3 is 18.8 Å². The Kier molecular flexibility index (Phi) is 8.16. The van der Waals surface area contributed by atoms with Crippen molar-refractivity contribution in [3.63, 3.8) is 0 Å². The van der Waals surface area contributed by atoms with E-state index in [2.05, 4.69) is 9.64 Å². The van der Waals surface area contributed by atoms with Crippen molar-refractivity contribution in [1.29, 1.82) is 0 Å². The number of halogens is 5. The van der Waals surface area contributed by atoms with Gasteiger partial charge in [0.05, 0.1) is 41.4 Å². The summed E-state index contributed by atoms with van der Waals surface area (Å²) in [6.07, 6.45) is -3.47. The molecule has 232 valence electrons. The lowest BCUT2D eigenvalue weighted by Gasteiger charge is -2.31. The van der Waals surface area contributed by atoms with Gasteiger partial charge in [-0.3, -0.25) is 4.90 Å². The molecule has 0 spiro atoms. The number of carbonyl (C=O) groups is 1. The number of benzene rings is 3. The minimum absolute atomic E-state index is 0.0153. The molecule has 4 aromatic rings. The average molecular weight is 618 g/mol. The van der Waals surface area contributed by atoms with E-state index in [9.17, 15) is 31.9 Å². The van der Waals surface area contributed by atoms with Gasteiger partial charge in [-0.2, -0.15) is 22.0 Å². The van der Waals surface area contributed by atoms with Crippen LogP contribution in [0.5, 0.6) is 11.5 Å². The van der Waals surface area contributed by atoms with E-state index in [1.54, 1.807) is 18.2 Å². The first-order valence-electron chi connectivity index (χ1n) is 14.0. The van der Waals surface area contributed by atoms with Gasteiger partial charge in [0.1, 0.15) is 23.9 Å². The molecular formula is C31H28F5N3O5. The van der Waals surface area contributed by atoms with Crippen LogP contribution < -0.4 is 9.47 Å². The summed E-state index contributed by atoms with van der Waals surface area (Å²) in [6.45, 7) is -1.16. The summed E-state index contributed by atoms with van der Waals surface area (Å²) in [5.41, 5.74) is 1.90. The molecule has 0 amide bonds. The Bertz CT molecular complexity index is 1690. The number of aromatic carboxylic acids is 1. The molecule has 1 N–H and O–H groups in total. The summed E-state index contributed by atoms with van der Waals surface area (Å²) in [5.74, 6) is -0.929. The molecule has 44 heavy (non-hydrogen) atoms. The molecule has 8 nitrogen and oxygen atoms in total. The van der Waals surface area contributed by atoms with E-state index in [0.29, 0.717) is 67.2 Å². The third kappa shape index (κ3) is 6.34. The van der Waals surface area contributed by atoms with Crippen molar-refractivity contribution in [3.8, 4) is 11.5 Å². The third-order valence-electron chi connectivity index (χ3n) is 7.89. The predicted molar refractivity (Wildman–Crippen MR) is 148 cm³/mol. The molecule has 0 radical (unpaired) electrons. The van der Waals surface area contributed by atoms with Crippen LogP contribution in [0, 0.1) is 0 Å². The summed E-state index contributed by atoms with van der Waals surface area (Å²) >= 11 is 0. The Morgan fingerprint density at radius 3 is 2.59 bits per heavy atom. The van der Waals surface area contributed by atoms with Crippen LogP contribution in [-0.4, -0.2) is 51.4 Å². The number of aromatic nitrogens is 2. The molecule has 6 rings (SSSR count). The number of nitrogens with zero attached hydrogens (tertiary/aromatic N) is 3. The van der Waals surface area contributed by atoms with Crippen LogP contribution >= 0.6 is 0 Å². The van der Waals surface area contributed by atoms with Crippen LogP contribution in [0.4, 0.5) is 22.0 Å². The Morgan fingerprint density at radius 1 is 1.09 bits per heavy atom. The molecule has 0 unspecified atom stereocenters. The Balaban J connectivity index is 1.26. The first kappa shape index (κ1) is 29.8. The van der Waals surface area contributed by atoms with Crippen molar-refractivity contribution < 1.29 is 46.1 Å². The zero-order valence-corrected chi connectivity index (χ0v) is 23.3. The number of rotatable bonds is 10.